The van der Waals surface area contributed by atoms with Crippen LogP contribution in [0.3, 0.4) is 0 Å². The zero-order valence-electron chi connectivity index (χ0n) is 9.22. The molecule has 0 aromatic carbocycles. The van der Waals surface area contributed by atoms with Crippen molar-refractivity contribution in [3.8, 4) is 0 Å². The summed E-state index contributed by atoms with van der Waals surface area (Å²) >= 11 is -0.826. The average molecular weight is 312 g/mol. The number of hydrogen-bond donors (Lipinski definition) is 0. The predicted molar refractivity (Wildman–Crippen MR) is 62.1 cm³/mol. The van der Waals surface area contributed by atoms with E-state index in [1.165, 1.54) is 5.57 Å². The summed E-state index contributed by atoms with van der Waals surface area (Å²) in [5.74, 6) is 2.13. The molecule has 0 aromatic heterocycles. The van der Waals surface area contributed by atoms with Gasteiger partial charge in [-0.1, -0.05) is 45.9 Å². The van der Waals surface area contributed by atoms with Crippen molar-refractivity contribution in [1.82, 2.24) is 0 Å². The minimum atomic E-state index is -0.826. The molecule has 3 heteroatoms. The summed E-state index contributed by atoms with van der Waals surface area (Å²) in [7, 11) is 9.87. The van der Waals surface area contributed by atoms with E-state index in [4.69, 9.17) is 17.0 Å². The predicted octanol–water partition coefficient (Wildman–Crippen LogP) is 4.79. The number of halogens is 2. The fourth-order valence-corrected chi connectivity index (χ4v) is 1.36. The fraction of sp³-hybridized carbons (Fsp3) is 0.636. The Balaban J connectivity index is 0.000000500. The quantitative estimate of drug-likeness (QED) is 0.688. The summed E-state index contributed by atoms with van der Waals surface area (Å²) in [5, 5.41) is 0. The molecule has 0 bridgehead atoms. The van der Waals surface area contributed by atoms with E-state index in [1.807, 2.05) is 0 Å². The summed E-state index contributed by atoms with van der Waals surface area (Å²) in [6.07, 6.45) is 6.99. The Hall–Kier alpha value is 0.943. The van der Waals surface area contributed by atoms with Gasteiger partial charge in [-0.25, -0.2) is 0 Å². The van der Waals surface area contributed by atoms with E-state index in [1.54, 1.807) is 0 Å². The first-order valence-corrected chi connectivity index (χ1v) is 11.2. The molecule has 0 fully saturated rings. The van der Waals surface area contributed by atoms with E-state index in [0.29, 0.717) is 11.8 Å². The molecule has 0 aliphatic heterocycles. The zero-order valence-corrected chi connectivity index (χ0v) is 13.2. The first-order valence-electron chi connectivity index (χ1n) is 4.89. The van der Waals surface area contributed by atoms with Crippen molar-refractivity contribution in [3.63, 3.8) is 0 Å². The summed E-state index contributed by atoms with van der Waals surface area (Å²) in [6.45, 7) is 9.04. The fourth-order valence-electron chi connectivity index (χ4n) is 1.36. The van der Waals surface area contributed by atoms with Gasteiger partial charge in [0.05, 0.1) is 0 Å². The molecular formula is C11H18Cl2Zr. The second-order valence-corrected chi connectivity index (χ2v) is 7.81. The molecule has 0 N–H and O–H groups in total. The molecule has 0 spiro atoms. The van der Waals surface area contributed by atoms with Crippen molar-refractivity contribution in [2.45, 2.75) is 27.7 Å². The van der Waals surface area contributed by atoms with Crippen LogP contribution in [0, 0.1) is 17.8 Å². The number of rotatable bonds is 2. The van der Waals surface area contributed by atoms with E-state index in [-0.39, 0.29) is 0 Å². The van der Waals surface area contributed by atoms with E-state index in [0.717, 1.165) is 5.92 Å². The average Bonchev–Trinajstić information content (AvgIpc) is 2.53. The van der Waals surface area contributed by atoms with Gasteiger partial charge in [-0.15, -0.1) is 0 Å². The molecule has 0 amide bonds. The molecule has 0 heterocycles. The van der Waals surface area contributed by atoms with Gasteiger partial charge in [0.1, 0.15) is 0 Å². The van der Waals surface area contributed by atoms with Crippen LogP contribution in [0.15, 0.2) is 23.8 Å². The van der Waals surface area contributed by atoms with Crippen molar-refractivity contribution in [2.24, 2.45) is 17.8 Å². The van der Waals surface area contributed by atoms with Gasteiger partial charge in [-0.2, -0.15) is 0 Å². The molecule has 0 saturated carbocycles. The molecule has 0 aromatic rings. The molecular weight excluding hydrogens is 294 g/mol. The Morgan fingerprint density at radius 1 is 1.21 bits per heavy atom. The molecule has 14 heavy (non-hydrogen) atoms. The molecule has 1 unspecified atom stereocenters. The maximum absolute atomic E-state index is 4.93. The number of hydrogen-bond acceptors (Lipinski definition) is 0. The van der Waals surface area contributed by atoms with Crippen LogP contribution < -0.4 is 0 Å². The molecule has 1 aliphatic rings. The Morgan fingerprint density at radius 2 is 1.71 bits per heavy atom. The summed E-state index contributed by atoms with van der Waals surface area (Å²) in [5.41, 5.74) is 1.50. The summed E-state index contributed by atoms with van der Waals surface area (Å²) in [6, 6.07) is 0. The minimum absolute atomic E-state index is 0.687. The third-order valence-corrected chi connectivity index (χ3v) is 2.33. The zero-order chi connectivity index (χ0) is 11.1. The van der Waals surface area contributed by atoms with E-state index in [2.05, 4.69) is 45.9 Å². The van der Waals surface area contributed by atoms with Crippen molar-refractivity contribution in [3.05, 3.63) is 23.8 Å². The summed E-state index contributed by atoms with van der Waals surface area (Å²) < 4.78 is 0. The van der Waals surface area contributed by atoms with Gasteiger partial charge in [0.25, 0.3) is 0 Å². The molecule has 80 valence electrons. The Morgan fingerprint density at radius 3 is 1.93 bits per heavy atom. The van der Waals surface area contributed by atoms with Crippen LogP contribution in [0.4, 0.5) is 0 Å². The van der Waals surface area contributed by atoms with Crippen molar-refractivity contribution < 1.29 is 20.8 Å². The van der Waals surface area contributed by atoms with E-state index < -0.39 is 20.8 Å². The normalized spacial score (nSPS) is 19.4. The monoisotopic (exact) mass is 310 g/mol. The van der Waals surface area contributed by atoms with Crippen molar-refractivity contribution in [1.29, 1.82) is 0 Å². The number of allylic oxidation sites excluding steroid dienone is 4. The van der Waals surface area contributed by atoms with Gasteiger partial charge in [-0.05, 0) is 23.3 Å². The van der Waals surface area contributed by atoms with Crippen LogP contribution in [-0.4, -0.2) is 0 Å². The maximum atomic E-state index is 4.93. The topological polar surface area (TPSA) is 0 Å². The van der Waals surface area contributed by atoms with Gasteiger partial charge in [0.2, 0.25) is 0 Å². The molecule has 0 radical (unpaired) electrons. The molecule has 1 rings (SSSR count). The van der Waals surface area contributed by atoms with Crippen LogP contribution in [0.1, 0.15) is 27.7 Å². The van der Waals surface area contributed by atoms with Crippen molar-refractivity contribution in [2.75, 3.05) is 0 Å². The van der Waals surface area contributed by atoms with Gasteiger partial charge in [0, 0.05) is 0 Å². The van der Waals surface area contributed by atoms with Crippen molar-refractivity contribution >= 4 is 17.0 Å². The van der Waals surface area contributed by atoms with E-state index in [9.17, 15) is 0 Å². The second kappa shape index (κ2) is 8.14. The van der Waals surface area contributed by atoms with Gasteiger partial charge in [0.15, 0.2) is 0 Å². The first kappa shape index (κ1) is 14.9. The van der Waals surface area contributed by atoms with Crippen LogP contribution >= 0.6 is 17.0 Å². The third kappa shape index (κ3) is 5.73. The summed E-state index contributed by atoms with van der Waals surface area (Å²) in [4.78, 5) is 0. The van der Waals surface area contributed by atoms with Crippen LogP contribution in [0.25, 0.3) is 0 Å². The molecule has 1 aliphatic carbocycles. The SMILES string of the molecule is CC(C)C1=CC(C(C)C)C=C1.[Cl][Zr][Cl]. The molecule has 1 atom stereocenters. The van der Waals surface area contributed by atoms with Gasteiger partial charge in [-0.3, -0.25) is 0 Å². The molecule has 0 saturated heterocycles. The Bertz CT molecular complexity index is 207. The van der Waals surface area contributed by atoms with Gasteiger partial charge >= 0.3 is 37.9 Å². The van der Waals surface area contributed by atoms with Crippen LogP contribution in [-0.2, 0) is 20.8 Å². The Kier molecular flexibility index (Phi) is 8.68. The standard InChI is InChI=1S/C11H18.2ClH.Zr/c1-8(2)10-5-6-11(7-10)9(3)4;;;/h5-10H,1-4H3;2*1H;/q;;;+2/p-2. The van der Waals surface area contributed by atoms with Crippen LogP contribution in [0.2, 0.25) is 0 Å². The first-order chi connectivity index (χ1) is 6.52. The molecule has 0 nitrogen and oxygen atoms in total. The van der Waals surface area contributed by atoms with E-state index >= 15 is 0 Å². The van der Waals surface area contributed by atoms with Crippen LogP contribution in [0.5, 0.6) is 0 Å². The van der Waals surface area contributed by atoms with Gasteiger partial charge < -0.3 is 0 Å². The second-order valence-electron chi connectivity index (χ2n) is 4.07. The third-order valence-electron chi connectivity index (χ3n) is 2.33. The Labute approximate surface area is 106 Å².